The summed E-state index contributed by atoms with van der Waals surface area (Å²) in [5.41, 5.74) is 1.87. The smallest absolute Gasteiger partial charge is 0.296 e. The zero-order chi connectivity index (χ0) is 22.8. The number of Topliss-reactive ketones (excluding diaryl/α,β-unsaturated/α-hetero) is 1. The lowest BCUT2D eigenvalue weighted by Gasteiger charge is -2.08. The Bertz CT molecular complexity index is 1330. The molecule has 0 unspecified atom stereocenters. The monoisotopic (exact) mass is 470 g/mol. The normalized spacial score (nSPS) is 10.9. The second kappa shape index (κ2) is 9.02. The Morgan fingerprint density at radius 3 is 2.47 bits per heavy atom. The van der Waals surface area contributed by atoms with E-state index in [-0.39, 0.29) is 23.1 Å². The van der Waals surface area contributed by atoms with Gasteiger partial charge in [-0.05, 0) is 54.1 Å². The van der Waals surface area contributed by atoms with Gasteiger partial charge in [-0.15, -0.1) is 0 Å². The number of ketones is 1. The molecular formula is C24H17Cl2FN2O3. The van der Waals surface area contributed by atoms with E-state index >= 15 is 0 Å². The van der Waals surface area contributed by atoms with Gasteiger partial charge in [0.15, 0.2) is 0 Å². The van der Waals surface area contributed by atoms with Crippen LogP contribution in [0.4, 0.5) is 10.1 Å². The van der Waals surface area contributed by atoms with Crippen molar-refractivity contribution in [3.8, 4) is 5.75 Å². The van der Waals surface area contributed by atoms with Gasteiger partial charge in [-0.1, -0.05) is 41.4 Å². The molecule has 1 N–H and O–H groups in total. The number of carbonyl (C=O) groups excluding carboxylic acids is 2. The fourth-order valence-electron chi connectivity index (χ4n) is 3.44. The standard InChI is InChI=1S/C24H17Cl2FN2O3/c1-32-18-9-10-20-19(12-18)21(22(30)24(31)28-17-4-2-3-15(25)11-17)23(26)29(20)13-14-5-7-16(27)8-6-14/h2-12H,13H2,1H3,(H,28,31). The van der Waals surface area contributed by atoms with E-state index in [9.17, 15) is 14.0 Å². The van der Waals surface area contributed by atoms with Gasteiger partial charge >= 0.3 is 0 Å². The molecule has 0 spiro atoms. The van der Waals surface area contributed by atoms with Crippen molar-refractivity contribution >= 4 is 51.5 Å². The summed E-state index contributed by atoms with van der Waals surface area (Å²) in [6, 6.07) is 17.6. The van der Waals surface area contributed by atoms with Crippen LogP contribution in [0, 0.1) is 5.82 Å². The molecule has 0 saturated carbocycles. The van der Waals surface area contributed by atoms with Gasteiger partial charge in [-0.3, -0.25) is 9.59 Å². The van der Waals surface area contributed by atoms with Crippen LogP contribution >= 0.6 is 23.2 Å². The van der Waals surface area contributed by atoms with E-state index in [1.54, 1.807) is 53.1 Å². The summed E-state index contributed by atoms with van der Waals surface area (Å²) in [5, 5.41) is 3.55. The Balaban J connectivity index is 1.77. The molecule has 5 nitrogen and oxygen atoms in total. The summed E-state index contributed by atoms with van der Waals surface area (Å²) in [4.78, 5) is 25.9. The highest BCUT2D eigenvalue weighted by molar-refractivity contribution is 6.52. The number of amides is 1. The van der Waals surface area contributed by atoms with E-state index in [2.05, 4.69) is 5.32 Å². The molecule has 8 heteroatoms. The highest BCUT2D eigenvalue weighted by Gasteiger charge is 2.27. The molecule has 4 rings (SSSR count). The number of methoxy groups -OCH3 is 1. The van der Waals surface area contributed by atoms with Crippen molar-refractivity contribution in [3.63, 3.8) is 0 Å². The average molecular weight is 471 g/mol. The minimum Gasteiger partial charge on any atom is -0.497 e. The van der Waals surface area contributed by atoms with Gasteiger partial charge in [0.2, 0.25) is 0 Å². The van der Waals surface area contributed by atoms with Crippen molar-refractivity contribution in [2.75, 3.05) is 12.4 Å². The molecule has 0 aliphatic carbocycles. The fraction of sp³-hybridized carbons (Fsp3) is 0.0833. The fourth-order valence-corrected chi connectivity index (χ4v) is 3.97. The highest BCUT2D eigenvalue weighted by atomic mass is 35.5. The Kier molecular flexibility index (Phi) is 6.17. The number of benzene rings is 3. The molecule has 0 fully saturated rings. The number of aromatic nitrogens is 1. The van der Waals surface area contributed by atoms with E-state index in [1.807, 2.05) is 0 Å². The molecular weight excluding hydrogens is 454 g/mol. The molecule has 162 valence electrons. The topological polar surface area (TPSA) is 60.3 Å². The number of fused-ring (bicyclic) bond motifs is 1. The number of hydrogen-bond donors (Lipinski definition) is 1. The van der Waals surface area contributed by atoms with E-state index in [0.29, 0.717) is 27.4 Å². The number of ether oxygens (including phenoxy) is 1. The van der Waals surface area contributed by atoms with Crippen molar-refractivity contribution in [1.82, 2.24) is 4.57 Å². The lowest BCUT2D eigenvalue weighted by atomic mass is 10.1. The van der Waals surface area contributed by atoms with Crippen molar-refractivity contribution < 1.29 is 18.7 Å². The van der Waals surface area contributed by atoms with Crippen molar-refractivity contribution in [3.05, 3.63) is 93.8 Å². The molecule has 32 heavy (non-hydrogen) atoms. The van der Waals surface area contributed by atoms with Gasteiger partial charge in [0, 0.05) is 22.6 Å². The Morgan fingerprint density at radius 1 is 1.03 bits per heavy atom. The van der Waals surface area contributed by atoms with Crippen molar-refractivity contribution in [1.29, 1.82) is 0 Å². The van der Waals surface area contributed by atoms with Crippen LogP contribution in [-0.4, -0.2) is 23.4 Å². The van der Waals surface area contributed by atoms with Crippen molar-refractivity contribution in [2.45, 2.75) is 6.54 Å². The number of halogens is 3. The molecule has 1 amide bonds. The van der Waals surface area contributed by atoms with E-state index in [4.69, 9.17) is 27.9 Å². The summed E-state index contributed by atoms with van der Waals surface area (Å²) in [6.45, 7) is 0.283. The van der Waals surface area contributed by atoms with Crippen LogP contribution in [0.1, 0.15) is 15.9 Å². The maximum Gasteiger partial charge on any atom is 0.296 e. The maximum atomic E-state index is 13.3. The van der Waals surface area contributed by atoms with Crippen LogP contribution in [0.25, 0.3) is 10.9 Å². The first kappa shape index (κ1) is 21.9. The first-order valence-corrected chi connectivity index (χ1v) is 10.3. The lowest BCUT2D eigenvalue weighted by Crippen LogP contribution is -2.23. The first-order valence-electron chi connectivity index (χ1n) is 9.59. The summed E-state index contributed by atoms with van der Waals surface area (Å²) in [5.74, 6) is -1.49. The Labute approximate surface area is 193 Å². The second-order valence-corrected chi connectivity index (χ2v) is 7.85. The summed E-state index contributed by atoms with van der Waals surface area (Å²) >= 11 is 12.6. The SMILES string of the molecule is COc1ccc2c(c1)c(C(=O)C(=O)Nc1cccc(Cl)c1)c(Cl)n2Cc1ccc(F)cc1. The van der Waals surface area contributed by atoms with Gasteiger partial charge in [0.25, 0.3) is 11.7 Å². The third-order valence-corrected chi connectivity index (χ3v) is 5.60. The number of hydrogen-bond acceptors (Lipinski definition) is 3. The van der Waals surface area contributed by atoms with Crippen LogP contribution < -0.4 is 10.1 Å². The van der Waals surface area contributed by atoms with E-state index < -0.39 is 11.7 Å². The van der Waals surface area contributed by atoms with Gasteiger partial charge in [0.05, 0.1) is 18.2 Å². The zero-order valence-corrected chi connectivity index (χ0v) is 18.4. The number of rotatable bonds is 6. The maximum absolute atomic E-state index is 13.3. The molecule has 0 aliphatic rings. The molecule has 0 aliphatic heterocycles. The van der Waals surface area contributed by atoms with Gasteiger partial charge < -0.3 is 14.6 Å². The molecule has 0 atom stereocenters. The second-order valence-electron chi connectivity index (χ2n) is 7.06. The number of nitrogens with zero attached hydrogens (tertiary/aromatic N) is 1. The van der Waals surface area contributed by atoms with Gasteiger partial charge in [-0.2, -0.15) is 0 Å². The molecule has 0 saturated heterocycles. The average Bonchev–Trinajstić information content (AvgIpc) is 3.05. The number of nitrogens with one attached hydrogen (secondary N) is 1. The van der Waals surface area contributed by atoms with Crippen LogP contribution in [-0.2, 0) is 11.3 Å². The van der Waals surface area contributed by atoms with Crippen LogP contribution in [0.3, 0.4) is 0 Å². The Hall–Kier alpha value is -3.35. The summed E-state index contributed by atoms with van der Waals surface area (Å²) in [6.07, 6.45) is 0. The minimum atomic E-state index is -0.849. The molecule has 1 aromatic heterocycles. The quantitative estimate of drug-likeness (QED) is 0.279. The van der Waals surface area contributed by atoms with E-state index in [1.165, 1.54) is 25.3 Å². The van der Waals surface area contributed by atoms with Gasteiger partial charge in [0.1, 0.15) is 16.7 Å². The largest absolute Gasteiger partial charge is 0.497 e. The van der Waals surface area contributed by atoms with Crippen LogP contribution in [0.15, 0.2) is 66.7 Å². The molecule has 0 radical (unpaired) electrons. The van der Waals surface area contributed by atoms with Crippen LogP contribution in [0.2, 0.25) is 10.2 Å². The molecule has 0 bridgehead atoms. The van der Waals surface area contributed by atoms with Crippen LogP contribution in [0.5, 0.6) is 5.75 Å². The third-order valence-electron chi connectivity index (χ3n) is 4.98. The van der Waals surface area contributed by atoms with E-state index in [0.717, 1.165) is 5.56 Å². The molecule has 4 aromatic rings. The third kappa shape index (κ3) is 4.33. The highest BCUT2D eigenvalue weighted by Crippen LogP contribution is 2.34. The number of carbonyl (C=O) groups is 2. The van der Waals surface area contributed by atoms with Gasteiger partial charge in [-0.25, -0.2) is 4.39 Å². The van der Waals surface area contributed by atoms with Crippen molar-refractivity contribution in [2.24, 2.45) is 0 Å². The number of anilines is 1. The predicted molar refractivity (Wildman–Crippen MR) is 123 cm³/mol. The summed E-state index contributed by atoms with van der Waals surface area (Å²) < 4.78 is 20.3. The molecule has 1 heterocycles. The minimum absolute atomic E-state index is 0.0576. The zero-order valence-electron chi connectivity index (χ0n) is 16.9. The summed E-state index contributed by atoms with van der Waals surface area (Å²) in [7, 11) is 1.51. The predicted octanol–water partition coefficient (Wildman–Crippen LogP) is 5.97. The molecule has 3 aromatic carbocycles. The lowest BCUT2D eigenvalue weighted by molar-refractivity contribution is -0.112. The Morgan fingerprint density at radius 2 is 1.78 bits per heavy atom. The first-order chi connectivity index (χ1) is 15.4.